The molecule has 0 aliphatic carbocycles. The lowest BCUT2D eigenvalue weighted by atomic mass is 10.0. The highest BCUT2D eigenvalue weighted by atomic mass is 19.1. The lowest BCUT2D eigenvalue weighted by molar-refractivity contribution is 0.0939. The second-order valence-corrected chi connectivity index (χ2v) is 8.02. The fourth-order valence-corrected chi connectivity index (χ4v) is 4.18. The molecule has 164 valence electrons. The zero-order valence-electron chi connectivity index (χ0n) is 18.1. The van der Waals surface area contributed by atoms with Gasteiger partial charge in [-0.25, -0.2) is 4.39 Å². The molecule has 3 aromatic rings. The van der Waals surface area contributed by atoms with Crippen LogP contribution in [0.2, 0.25) is 0 Å². The SMILES string of the molecule is CCN1CCN(c2ccc(F)cc2C(C)NC(=O)c2cc(O)c3cnn(C)c3c2)CC1. The molecule has 2 heterocycles. The summed E-state index contributed by atoms with van der Waals surface area (Å²) in [4.78, 5) is 17.6. The Hall–Kier alpha value is -3.13. The number of hydrogen-bond acceptors (Lipinski definition) is 5. The summed E-state index contributed by atoms with van der Waals surface area (Å²) in [5.41, 5.74) is 2.67. The number of likely N-dealkylation sites (N-methyl/N-ethyl adjacent to an activating group) is 1. The molecular formula is C23H28FN5O2. The Bertz CT molecular complexity index is 1100. The Kier molecular flexibility index (Phi) is 5.82. The van der Waals surface area contributed by atoms with Crippen molar-refractivity contribution in [2.24, 2.45) is 7.05 Å². The van der Waals surface area contributed by atoms with Gasteiger partial charge < -0.3 is 20.2 Å². The van der Waals surface area contributed by atoms with Crippen LogP contribution in [0.3, 0.4) is 0 Å². The molecule has 1 aromatic heterocycles. The number of piperazine rings is 1. The van der Waals surface area contributed by atoms with Gasteiger partial charge in [0.2, 0.25) is 0 Å². The van der Waals surface area contributed by atoms with Crippen LogP contribution in [0.5, 0.6) is 5.75 Å². The summed E-state index contributed by atoms with van der Waals surface area (Å²) < 4.78 is 15.7. The number of amides is 1. The normalized spacial score (nSPS) is 15.9. The van der Waals surface area contributed by atoms with Crippen molar-refractivity contribution >= 4 is 22.5 Å². The molecule has 2 aromatic carbocycles. The minimum absolute atomic E-state index is 0.00337. The van der Waals surface area contributed by atoms with Crippen LogP contribution in [-0.2, 0) is 7.05 Å². The van der Waals surface area contributed by atoms with Gasteiger partial charge in [0.1, 0.15) is 11.6 Å². The van der Waals surface area contributed by atoms with E-state index >= 15 is 0 Å². The van der Waals surface area contributed by atoms with Crippen molar-refractivity contribution in [2.75, 3.05) is 37.6 Å². The first-order chi connectivity index (χ1) is 14.9. The molecular weight excluding hydrogens is 397 g/mol. The minimum Gasteiger partial charge on any atom is -0.507 e. The Morgan fingerprint density at radius 3 is 2.68 bits per heavy atom. The lowest BCUT2D eigenvalue weighted by Gasteiger charge is -2.37. The van der Waals surface area contributed by atoms with E-state index in [1.165, 1.54) is 18.2 Å². The fourth-order valence-electron chi connectivity index (χ4n) is 4.18. The zero-order chi connectivity index (χ0) is 22.1. The van der Waals surface area contributed by atoms with E-state index in [4.69, 9.17) is 0 Å². The highest BCUT2D eigenvalue weighted by Crippen LogP contribution is 2.30. The van der Waals surface area contributed by atoms with Crippen molar-refractivity contribution in [3.63, 3.8) is 0 Å². The van der Waals surface area contributed by atoms with E-state index in [9.17, 15) is 14.3 Å². The number of benzene rings is 2. The highest BCUT2D eigenvalue weighted by molar-refractivity contribution is 6.00. The van der Waals surface area contributed by atoms with E-state index in [0.29, 0.717) is 16.5 Å². The molecule has 7 nitrogen and oxygen atoms in total. The summed E-state index contributed by atoms with van der Waals surface area (Å²) in [6, 6.07) is 7.47. The predicted molar refractivity (Wildman–Crippen MR) is 119 cm³/mol. The lowest BCUT2D eigenvalue weighted by Crippen LogP contribution is -2.46. The van der Waals surface area contributed by atoms with Crippen LogP contribution in [0.1, 0.15) is 35.8 Å². The van der Waals surface area contributed by atoms with Gasteiger partial charge >= 0.3 is 0 Å². The number of phenols is 1. The van der Waals surface area contributed by atoms with Crippen molar-refractivity contribution in [3.05, 3.63) is 53.5 Å². The van der Waals surface area contributed by atoms with Crippen LogP contribution in [0.15, 0.2) is 36.5 Å². The standard InChI is InChI=1S/C23H28FN5O2/c1-4-28-7-9-29(10-8-28)20-6-5-17(24)13-18(20)15(2)26-23(31)16-11-21-19(22(30)12-16)14-25-27(21)3/h5-6,11-15,30H,4,7-10H2,1-3H3,(H,26,31). The molecule has 2 N–H and O–H groups in total. The number of aromatic nitrogens is 2. The first-order valence-electron chi connectivity index (χ1n) is 10.6. The van der Waals surface area contributed by atoms with Crippen molar-refractivity contribution in [1.82, 2.24) is 20.0 Å². The van der Waals surface area contributed by atoms with Crippen molar-refractivity contribution in [1.29, 1.82) is 0 Å². The van der Waals surface area contributed by atoms with Crippen LogP contribution >= 0.6 is 0 Å². The van der Waals surface area contributed by atoms with E-state index in [1.807, 2.05) is 6.92 Å². The molecule has 1 atom stereocenters. The average molecular weight is 426 g/mol. The Morgan fingerprint density at radius 2 is 1.97 bits per heavy atom. The number of anilines is 1. The second-order valence-electron chi connectivity index (χ2n) is 8.02. The van der Waals surface area contributed by atoms with Crippen LogP contribution in [-0.4, -0.2) is 58.4 Å². The number of phenolic OH excluding ortho intramolecular Hbond substituents is 1. The molecule has 4 rings (SSSR count). The number of carbonyl (C=O) groups is 1. The molecule has 0 radical (unpaired) electrons. The summed E-state index contributed by atoms with van der Waals surface area (Å²) in [6.07, 6.45) is 1.56. The van der Waals surface area contributed by atoms with E-state index in [1.54, 1.807) is 30.1 Å². The average Bonchev–Trinajstić information content (AvgIpc) is 3.15. The summed E-state index contributed by atoms with van der Waals surface area (Å²) in [5, 5.41) is 17.9. The number of nitrogens with one attached hydrogen (secondary N) is 1. The Labute approximate surface area is 181 Å². The van der Waals surface area contributed by atoms with Crippen LogP contribution < -0.4 is 10.2 Å². The molecule has 1 unspecified atom stereocenters. The predicted octanol–water partition coefficient (Wildman–Crippen LogP) is 3.05. The maximum atomic E-state index is 14.1. The number of fused-ring (bicyclic) bond motifs is 1. The molecule has 1 amide bonds. The molecule has 0 saturated carbocycles. The molecule has 1 aliphatic rings. The quantitative estimate of drug-likeness (QED) is 0.657. The maximum Gasteiger partial charge on any atom is 0.251 e. The Morgan fingerprint density at radius 1 is 1.23 bits per heavy atom. The van der Waals surface area contributed by atoms with Gasteiger partial charge in [-0.3, -0.25) is 9.48 Å². The Balaban J connectivity index is 1.57. The third kappa shape index (κ3) is 4.20. The van der Waals surface area contributed by atoms with E-state index < -0.39 is 6.04 Å². The van der Waals surface area contributed by atoms with Gasteiger partial charge in [0.05, 0.1) is 23.1 Å². The van der Waals surface area contributed by atoms with Gasteiger partial charge in [0, 0.05) is 50.0 Å². The number of aromatic hydroxyl groups is 1. The fraction of sp³-hybridized carbons (Fsp3) is 0.391. The van der Waals surface area contributed by atoms with Gasteiger partial charge in [-0.15, -0.1) is 0 Å². The number of nitrogens with zero attached hydrogens (tertiary/aromatic N) is 4. The molecule has 1 aliphatic heterocycles. The maximum absolute atomic E-state index is 14.1. The smallest absolute Gasteiger partial charge is 0.251 e. The molecule has 0 bridgehead atoms. The van der Waals surface area contributed by atoms with Gasteiger partial charge in [-0.2, -0.15) is 5.10 Å². The second kappa shape index (κ2) is 8.55. The molecule has 1 saturated heterocycles. The summed E-state index contributed by atoms with van der Waals surface area (Å²) in [5.74, 6) is -0.665. The van der Waals surface area contributed by atoms with Gasteiger partial charge in [0.15, 0.2) is 0 Å². The number of aryl methyl sites for hydroxylation is 1. The van der Waals surface area contributed by atoms with Crippen LogP contribution in [0.25, 0.3) is 10.9 Å². The molecule has 0 spiro atoms. The van der Waals surface area contributed by atoms with Gasteiger partial charge in [-0.05, 0) is 43.8 Å². The number of rotatable bonds is 5. The zero-order valence-corrected chi connectivity index (χ0v) is 18.1. The summed E-state index contributed by atoms with van der Waals surface area (Å²) >= 11 is 0. The minimum atomic E-state index is -0.410. The molecule has 31 heavy (non-hydrogen) atoms. The highest BCUT2D eigenvalue weighted by Gasteiger charge is 2.22. The van der Waals surface area contributed by atoms with Crippen LogP contribution in [0, 0.1) is 5.82 Å². The number of hydrogen-bond donors (Lipinski definition) is 2. The molecule has 1 fully saturated rings. The van der Waals surface area contributed by atoms with E-state index in [2.05, 4.69) is 27.1 Å². The van der Waals surface area contributed by atoms with Gasteiger partial charge in [0.25, 0.3) is 5.91 Å². The summed E-state index contributed by atoms with van der Waals surface area (Å²) in [6.45, 7) is 8.65. The third-order valence-corrected chi connectivity index (χ3v) is 6.07. The first-order valence-corrected chi connectivity index (χ1v) is 10.6. The van der Waals surface area contributed by atoms with Gasteiger partial charge in [-0.1, -0.05) is 6.92 Å². The topological polar surface area (TPSA) is 73.6 Å². The monoisotopic (exact) mass is 425 g/mol. The largest absolute Gasteiger partial charge is 0.507 e. The van der Waals surface area contributed by atoms with Crippen molar-refractivity contribution < 1.29 is 14.3 Å². The molecule has 8 heteroatoms. The number of carbonyl (C=O) groups excluding carboxylic acids is 1. The van der Waals surface area contributed by atoms with Crippen molar-refractivity contribution in [3.8, 4) is 5.75 Å². The number of halogens is 1. The van der Waals surface area contributed by atoms with Crippen molar-refractivity contribution in [2.45, 2.75) is 19.9 Å². The third-order valence-electron chi connectivity index (χ3n) is 6.07. The van der Waals surface area contributed by atoms with E-state index in [-0.39, 0.29) is 17.5 Å². The first kappa shape index (κ1) is 21.1. The van der Waals surface area contributed by atoms with Crippen LogP contribution in [0.4, 0.5) is 10.1 Å². The van der Waals surface area contributed by atoms with E-state index in [0.717, 1.165) is 44.0 Å². The summed E-state index contributed by atoms with van der Waals surface area (Å²) in [7, 11) is 1.75.